The molecule has 0 spiro atoms. The third kappa shape index (κ3) is 3.39. The van der Waals surface area contributed by atoms with Gasteiger partial charge in [-0.25, -0.2) is 0 Å². The Hall–Kier alpha value is -1.95. The highest BCUT2D eigenvalue weighted by Gasteiger charge is 2.27. The molecule has 3 rings (SSSR count). The molecular weight excluding hydrogens is 288 g/mol. The van der Waals surface area contributed by atoms with Gasteiger partial charge in [-0.3, -0.25) is 14.6 Å². The zero-order chi connectivity index (χ0) is 14.8. The van der Waals surface area contributed by atoms with E-state index in [9.17, 15) is 9.59 Å². The molecule has 1 aliphatic rings. The van der Waals surface area contributed by atoms with Gasteiger partial charge in [0.2, 0.25) is 0 Å². The monoisotopic (exact) mass is 304 g/mol. The van der Waals surface area contributed by atoms with E-state index in [1.54, 1.807) is 22.4 Å². The quantitative estimate of drug-likeness (QED) is 0.890. The van der Waals surface area contributed by atoms with E-state index in [1.165, 1.54) is 0 Å². The highest BCUT2D eigenvalue weighted by molar-refractivity contribution is 7.17. The molecule has 5 nitrogen and oxygen atoms in total. The van der Waals surface area contributed by atoms with E-state index in [0.29, 0.717) is 18.0 Å². The van der Waals surface area contributed by atoms with Crippen molar-refractivity contribution < 1.29 is 14.7 Å². The number of amides is 1. The largest absolute Gasteiger partial charge is 0.481 e. The van der Waals surface area contributed by atoms with Crippen LogP contribution in [0.25, 0.3) is 10.2 Å². The molecule has 21 heavy (non-hydrogen) atoms. The lowest BCUT2D eigenvalue weighted by Gasteiger charge is -2.21. The number of aliphatic carboxylic acids is 1. The van der Waals surface area contributed by atoms with E-state index in [2.05, 4.69) is 4.98 Å². The predicted octanol–water partition coefficient (Wildman–Crippen LogP) is 2.62. The average molecular weight is 304 g/mol. The van der Waals surface area contributed by atoms with Crippen molar-refractivity contribution in [3.05, 3.63) is 29.3 Å². The second-order valence-electron chi connectivity index (χ2n) is 5.37. The molecule has 2 heterocycles. The molecule has 1 amide bonds. The number of carbonyl (C=O) groups excluding carboxylic acids is 1. The van der Waals surface area contributed by atoms with Crippen molar-refractivity contribution >= 4 is 33.4 Å². The van der Waals surface area contributed by atoms with Crippen LogP contribution >= 0.6 is 11.3 Å². The lowest BCUT2D eigenvalue weighted by Crippen LogP contribution is -2.34. The number of rotatable bonds is 6. The average Bonchev–Trinajstić information content (AvgIpc) is 3.16. The molecule has 0 aliphatic heterocycles. The predicted molar refractivity (Wildman–Crippen MR) is 80.5 cm³/mol. The number of aromatic nitrogens is 1. The molecule has 6 heteroatoms. The van der Waals surface area contributed by atoms with Crippen molar-refractivity contribution in [3.63, 3.8) is 0 Å². The van der Waals surface area contributed by atoms with Crippen molar-refractivity contribution in [2.24, 2.45) is 5.92 Å². The van der Waals surface area contributed by atoms with Crippen molar-refractivity contribution in [1.82, 2.24) is 9.88 Å². The highest BCUT2D eigenvalue weighted by atomic mass is 32.1. The Morgan fingerprint density at radius 2 is 2.24 bits per heavy atom. The summed E-state index contributed by atoms with van der Waals surface area (Å²) in [6, 6.07) is 3.76. The van der Waals surface area contributed by atoms with Crippen LogP contribution in [0.3, 0.4) is 0 Å². The number of carbonyl (C=O) groups is 2. The molecule has 0 unspecified atom stereocenters. The van der Waals surface area contributed by atoms with E-state index in [4.69, 9.17) is 5.11 Å². The Morgan fingerprint density at radius 1 is 1.43 bits per heavy atom. The van der Waals surface area contributed by atoms with Crippen LogP contribution in [0.4, 0.5) is 0 Å². The summed E-state index contributed by atoms with van der Waals surface area (Å²) in [5, 5.41) is 10.8. The number of hydrogen-bond donors (Lipinski definition) is 1. The molecule has 1 saturated carbocycles. The molecule has 110 valence electrons. The Labute approximate surface area is 126 Å². The molecule has 2 aromatic rings. The van der Waals surface area contributed by atoms with E-state index in [0.717, 1.165) is 23.1 Å². The summed E-state index contributed by atoms with van der Waals surface area (Å²) in [6.45, 7) is 0.904. The smallest absolute Gasteiger partial charge is 0.305 e. The maximum atomic E-state index is 12.6. The molecule has 0 atom stereocenters. The maximum Gasteiger partial charge on any atom is 0.305 e. The number of carboxylic acid groups (broad SMARTS) is 1. The first-order chi connectivity index (χ1) is 10.1. The van der Waals surface area contributed by atoms with E-state index >= 15 is 0 Å². The van der Waals surface area contributed by atoms with E-state index in [-0.39, 0.29) is 18.9 Å². The lowest BCUT2D eigenvalue weighted by atomic mass is 10.2. The summed E-state index contributed by atoms with van der Waals surface area (Å²) < 4.78 is 0.977. The molecule has 0 saturated heterocycles. The maximum absolute atomic E-state index is 12.6. The molecule has 0 aromatic carbocycles. The van der Waals surface area contributed by atoms with Gasteiger partial charge in [-0.1, -0.05) is 0 Å². The van der Waals surface area contributed by atoms with Gasteiger partial charge in [0, 0.05) is 19.3 Å². The summed E-state index contributed by atoms with van der Waals surface area (Å²) in [5.41, 5.74) is 1.42. The van der Waals surface area contributed by atoms with Gasteiger partial charge >= 0.3 is 5.97 Å². The number of thiophene rings is 1. The van der Waals surface area contributed by atoms with Crippen LogP contribution in [0.2, 0.25) is 0 Å². The van der Waals surface area contributed by atoms with Crippen LogP contribution < -0.4 is 0 Å². The van der Waals surface area contributed by atoms with Gasteiger partial charge in [0.25, 0.3) is 5.91 Å². The first-order valence-electron chi connectivity index (χ1n) is 6.98. The van der Waals surface area contributed by atoms with Crippen molar-refractivity contribution in [2.45, 2.75) is 19.3 Å². The van der Waals surface area contributed by atoms with E-state index < -0.39 is 5.97 Å². The Bertz CT molecular complexity index is 678. The molecule has 0 bridgehead atoms. The summed E-state index contributed by atoms with van der Waals surface area (Å²) in [4.78, 5) is 29.3. The number of carboxylic acids is 1. The topological polar surface area (TPSA) is 70.5 Å². The van der Waals surface area contributed by atoms with Crippen LogP contribution in [0.1, 0.15) is 29.6 Å². The van der Waals surface area contributed by atoms with Gasteiger partial charge in [0.15, 0.2) is 0 Å². The van der Waals surface area contributed by atoms with Gasteiger partial charge in [-0.15, -0.1) is 11.3 Å². The van der Waals surface area contributed by atoms with Crippen LogP contribution in [-0.4, -0.2) is 40.0 Å². The van der Waals surface area contributed by atoms with Gasteiger partial charge in [-0.05, 0) is 36.3 Å². The highest BCUT2D eigenvalue weighted by Crippen LogP contribution is 2.30. The number of pyridine rings is 1. The van der Waals surface area contributed by atoms with Gasteiger partial charge < -0.3 is 10.0 Å². The second kappa shape index (κ2) is 5.81. The molecule has 1 aliphatic carbocycles. The Kier molecular flexibility index (Phi) is 3.88. The zero-order valence-corrected chi connectivity index (χ0v) is 12.3. The summed E-state index contributed by atoms with van der Waals surface area (Å²) in [6.07, 6.45) is 3.81. The SMILES string of the molecule is O=C(O)CCN(CC1CC1)C(=O)c1cnc2ccsc2c1. The van der Waals surface area contributed by atoms with Crippen LogP contribution in [0, 0.1) is 5.92 Å². The van der Waals surface area contributed by atoms with Gasteiger partial charge in [0.05, 0.1) is 22.2 Å². The van der Waals surface area contributed by atoms with Crippen molar-refractivity contribution in [2.75, 3.05) is 13.1 Å². The molecule has 0 radical (unpaired) electrons. The Balaban J connectivity index is 1.78. The fourth-order valence-electron chi connectivity index (χ4n) is 2.26. The minimum Gasteiger partial charge on any atom is -0.481 e. The van der Waals surface area contributed by atoms with Crippen LogP contribution in [0.5, 0.6) is 0 Å². The summed E-state index contributed by atoms with van der Waals surface area (Å²) >= 11 is 1.55. The third-order valence-electron chi connectivity index (χ3n) is 3.61. The molecule has 1 fully saturated rings. The van der Waals surface area contributed by atoms with Gasteiger partial charge in [0.1, 0.15) is 0 Å². The minimum atomic E-state index is -0.879. The molecular formula is C15H16N2O3S. The Morgan fingerprint density at radius 3 is 2.95 bits per heavy atom. The van der Waals surface area contributed by atoms with Crippen molar-refractivity contribution in [3.8, 4) is 0 Å². The zero-order valence-electron chi connectivity index (χ0n) is 11.5. The number of nitrogens with zero attached hydrogens (tertiary/aromatic N) is 2. The number of hydrogen-bond acceptors (Lipinski definition) is 4. The van der Waals surface area contributed by atoms with Gasteiger partial charge in [-0.2, -0.15) is 0 Å². The molecule has 1 N–H and O–H groups in total. The second-order valence-corrected chi connectivity index (χ2v) is 6.31. The summed E-state index contributed by atoms with van der Waals surface area (Å²) in [5.74, 6) is -0.470. The number of fused-ring (bicyclic) bond motifs is 1. The van der Waals surface area contributed by atoms with Crippen LogP contribution in [-0.2, 0) is 4.79 Å². The molecule has 2 aromatic heterocycles. The first-order valence-corrected chi connectivity index (χ1v) is 7.86. The minimum absolute atomic E-state index is 0.0207. The fourth-order valence-corrected chi connectivity index (χ4v) is 3.04. The summed E-state index contributed by atoms with van der Waals surface area (Å²) in [7, 11) is 0. The fraction of sp³-hybridized carbons (Fsp3) is 0.400. The third-order valence-corrected chi connectivity index (χ3v) is 4.46. The van der Waals surface area contributed by atoms with E-state index in [1.807, 2.05) is 17.5 Å². The normalized spacial score (nSPS) is 14.3. The van der Waals surface area contributed by atoms with Crippen molar-refractivity contribution in [1.29, 1.82) is 0 Å². The first kappa shape index (κ1) is 14.0. The lowest BCUT2D eigenvalue weighted by molar-refractivity contribution is -0.137. The van der Waals surface area contributed by atoms with Crippen LogP contribution in [0.15, 0.2) is 23.7 Å². The standard InChI is InChI=1S/C15H16N2O3S/c18-14(19)3-5-17(9-10-1-2-10)15(20)11-7-13-12(16-8-11)4-6-21-13/h4,6-8,10H,1-3,5,9H2,(H,18,19).